The van der Waals surface area contributed by atoms with Crippen molar-refractivity contribution in [3.8, 4) is 0 Å². The van der Waals surface area contributed by atoms with Crippen LogP contribution >= 0.6 is 0 Å². The second-order valence-electron chi connectivity index (χ2n) is 9.66. The summed E-state index contributed by atoms with van der Waals surface area (Å²) in [4.78, 5) is 11.3. The minimum absolute atomic E-state index is 0.00239. The Hall–Kier alpha value is -3.48. The van der Waals surface area contributed by atoms with Crippen LogP contribution in [0.2, 0.25) is 0 Å². The highest BCUT2D eigenvalue weighted by atomic mass is 19.1. The Balaban J connectivity index is 1.35. The molecule has 1 aliphatic carbocycles. The van der Waals surface area contributed by atoms with Gasteiger partial charge in [-0.3, -0.25) is 14.9 Å². The van der Waals surface area contributed by atoms with Crippen LogP contribution in [0.1, 0.15) is 58.9 Å². The number of aromatic nitrogens is 2. The van der Waals surface area contributed by atoms with E-state index in [9.17, 15) is 8.78 Å². The molecule has 0 amide bonds. The molecule has 2 heterocycles. The van der Waals surface area contributed by atoms with Crippen molar-refractivity contribution in [2.45, 2.75) is 57.9 Å². The summed E-state index contributed by atoms with van der Waals surface area (Å²) in [6, 6.07) is 22.5. The van der Waals surface area contributed by atoms with Gasteiger partial charge >= 0.3 is 0 Å². The number of nitrogens with zero attached hydrogens (tertiary/aromatic N) is 3. The Morgan fingerprint density at radius 1 is 0.757 bits per heavy atom. The second-order valence-corrected chi connectivity index (χ2v) is 9.66. The van der Waals surface area contributed by atoms with Crippen LogP contribution < -0.4 is 5.32 Å². The van der Waals surface area contributed by atoms with Crippen LogP contribution in [0.25, 0.3) is 0 Å². The standard InChI is InChI=1S/C31H32F2N4/c32-28-10-5-11-29(33)27(28)22-37(30-12-2-1-7-25-8-6-18-36-31(25)30)21-24-15-13-23(14-16-24)19-34-20-26-9-3-4-17-35-26/h3-6,8-11,13-18,30,34H,1-2,7,12,19-22H2. The van der Waals surface area contributed by atoms with Crippen LogP contribution in [0, 0.1) is 11.6 Å². The van der Waals surface area contributed by atoms with Gasteiger partial charge in [-0.2, -0.15) is 0 Å². The van der Waals surface area contributed by atoms with Crippen LogP contribution in [0.3, 0.4) is 0 Å². The summed E-state index contributed by atoms with van der Waals surface area (Å²) in [7, 11) is 0. The molecule has 4 nitrogen and oxygen atoms in total. The van der Waals surface area contributed by atoms with Gasteiger partial charge in [0.2, 0.25) is 0 Å². The largest absolute Gasteiger partial charge is 0.307 e. The summed E-state index contributed by atoms with van der Waals surface area (Å²) in [6.07, 6.45) is 7.67. The van der Waals surface area contributed by atoms with Gasteiger partial charge in [0.25, 0.3) is 0 Å². The second kappa shape index (κ2) is 12.2. The van der Waals surface area contributed by atoms with Crippen molar-refractivity contribution in [3.63, 3.8) is 0 Å². The summed E-state index contributed by atoms with van der Waals surface area (Å²) < 4.78 is 29.4. The fraction of sp³-hybridized carbons (Fsp3) is 0.290. The number of halogens is 2. The lowest BCUT2D eigenvalue weighted by atomic mass is 10.0. The highest BCUT2D eigenvalue weighted by molar-refractivity contribution is 5.27. The van der Waals surface area contributed by atoms with Gasteiger partial charge in [0, 0.05) is 44.1 Å². The molecule has 0 bridgehead atoms. The number of rotatable bonds is 9. The summed E-state index contributed by atoms with van der Waals surface area (Å²) in [5, 5.41) is 3.43. The first-order valence-corrected chi connectivity index (χ1v) is 13.0. The molecule has 1 aliphatic rings. The normalized spacial score (nSPS) is 15.4. The maximum Gasteiger partial charge on any atom is 0.130 e. The van der Waals surface area contributed by atoms with Crippen molar-refractivity contribution in [3.05, 3.63) is 130 Å². The van der Waals surface area contributed by atoms with Crippen molar-refractivity contribution < 1.29 is 8.78 Å². The topological polar surface area (TPSA) is 41.0 Å². The summed E-state index contributed by atoms with van der Waals surface area (Å²) in [5.74, 6) is -1.01. The molecule has 0 fully saturated rings. The SMILES string of the molecule is Fc1cccc(F)c1CN(Cc1ccc(CNCc2ccccn2)cc1)C1CCCCc2cccnc21. The fourth-order valence-electron chi connectivity index (χ4n) is 5.11. The molecule has 37 heavy (non-hydrogen) atoms. The maximum atomic E-state index is 14.7. The van der Waals surface area contributed by atoms with Gasteiger partial charge < -0.3 is 5.32 Å². The lowest BCUT2D eigenvalue weighted by molar-refractivity contribution is 0.160. The number of pyridine rings is 2. The Kier molecular flexibility index (Phi) is 8.28. The quantitative estimate of drug-likeness (QED) is 0.267. The number of aryl methyl sites for hydroxylation is 1. The van der Waals surface area contributed by atoms with Gasteiger partial charge in [-0.05, 0) is 66.3 Å². The third kappa shape index (κ3) is 6.45. The van der Waals surface area contributed by atoms with Gasteiger partial charge in [0.05, 0.1) is 17.4 Å². The molecular formula is C31H32F2N4. The number of hydrogen-bond acceptors (Lipinski definition) is 4. The van der Waals surface area contributed by atoms with Crippen molar-refractivity contribution >= 4 is 0 Å². The summed E-state index contributed by atoms with van der Waals surface area (Å²) in [5.41, 5.74) is 5.66. The van der Waals surface area contributed by atoms with Gasteiger partial charge in [0.15, 0.2) is 0 Å². The smallest absolute Gasteiger partial charge is 0.130 e. The molecule has 0 saturated carbocycles. The van der Waals surface area contributed by atoms with Crippen LogP contribution in [0.5, 0.6) is 0 Å². The van der Waals surface area contributed by atoms with Crippen molar-refractivity contribution in [2.24, 2.45) is 0 Å². The first kappa shape index (κ1) is 25.2. The minimum atomic E-state index is -0.505. The van der Waals surface area contributed by atoms with E-state index in [1.807, 2.05) is 30.5 Å². The van der Waals surface area contributed by atoms with Crippen LogP contribution in [0.4, 0.5) is 8.78 Å². The van der Waals surface area contributed by atoms with Crippen LogP contribution in [-0.4, -0.2) is 14.9 Å². The molecule has 1 N–H and O–H groups in total. The number of benzene rings is 2. The van der Waals surface area contributed by atoms with E-state index >= 15 is 0 Å². The first-order chi connectivity index (χ1) is 18.2. The zero-order valence-corrected chi connectivity index (χ0v) is 20.9. The van der Waals surface area contributed by atoms with E-state index in [0.717, 1.165) is 49.2 Å². The Morgan fingerprint density at radius 3 is 2.32 bits per heavy atom. The molecule has 2 aromatic carbocycles. The molecule has 0 spiro atoms. The Labute approximate surface area is 217 Å². The van der Waals surface area contributed by atoms with E-state index < -0.39 is 11.6 Å². The number of hydrogen-bond donors (Lipinski definition) is 1. The van der Waals surface area contributed by atoms with E-state index in [4.69, 9.17) is 4.98 Å². The number of nitrogens with one attached hydrogen (secondary N) is 1. The lowest BCUT2D eigenvalue weighted by Gasteiger charge is -2.32. The third-order valence-corrected chi connectivity index (χ3v) is 7.05. The van der Waals surface area contributed by atoms with Crippen molar-refractivity contribution in [2.75, 3.05) is 0 Å². The lowest BCUT2D eigenvalue weighted by Crippen LogP contribution is -2.30. The molecule has 190 valence electrons. The van der Waals surface area contributed by atoms with Crippen LogP contribution in [0.15, 0.2) is 85.2 Å². The molecule has 4 aromatic rings. The van der Waals surface area contributed by atoms with E-state index in [1.54, 1.807) is 6.20 Å². The van der Waals surface area contributed by atoms with Gasteiger partial charge in [-0.25, -0.2) is 8.78 Å². The molecule has 2 aromatic heterocycles. The molecule has 0 saturated heterocycles. The first-order valence-electron chi connectivity index (χ1n) is 13.0. The number of fused-ring (bicyclic) bond motifs is 1. The van der Waals surface area contributed by atoms with Gasteiger partial charge in [0.1, 0.15) is 11.6 Å². The highest BCUT2D eigenvalue weighted by Gasteiger charge is 2.27. The predicted molar refractivity (Wildman–Crippen MR) is 141 cm³/mol. The summed E-state index contributed by atoms with van der Waals surface area (Å²) in [6.45, 7) is 2.21. The predicted octanol–water partition coefficient (Wildman–Crippen LogP) is 6.51. The molecule has 6 heteroatoms. The zero-order chi connectivity index (χ0) is 25.5. The Bertz CT molecular complexity index is 1270. The van der Waals surface area contributed by atoms with E-state index in [0.29, 0.717) is 13.1 Å². The average molecular weight is 499 g/mol. The van der Waals surface area contributed by atoms with E-state index in [1.165, 1.54) is 29.3 Å². The molecule has 5 rings (SSSR count). The molecule has 1 unspecified atom stereocenters. The summed E-state index contributed by atoms with van der Waals surface area (Å²) >= 11 is 0. The monoisotopic (exact) mass is 498 g/mol. The van der Waals surface area contributed by atoms with Crippen molar-refractivity contribution in [1.82, 2.24) is 20.2 Å². The van der Waals surface area contributed by atoms with Gasteiger partial charge in [-0.15, -0.1) is 0 Å². The van der Waals surface area contributed by atoms with E-state index in [-0.39, 0.29) is 18.2 Å². The van der Waals surface area contributed by atoms with Crippen molar-refractivity contribution in [1.29, 1.82) is 0 Å². The molecule has 1 atom stereocenters. The van der Waals surface area contributed by atoms with E-state index in [2.05, 4.69) is 45.5 Å². The Morgan fingerprint density at radius 2 is 1.54 bits per heavy atom. The maximum absolute atomic E-state index is 14.7. The minimum Gasteiger partial charge on any atom is -0.307 e. The highest BCUT2D eigenvalue weighted by Crippen LogP contribution is 2.34. The molecule has 0 aliphatic heterocycles. The third-order valence-electron chi connectivity index (χ3n) is 7.05. The molecule has 0 radical (unpaired) electrons. The fourth-order valence-corrected chi connectivity index (χ4v) is 5.11. The van der Waals surface area contributed by atoms with Crippen LogP contribution in [-0.2, 0) is 32.6 Å². The molecular weight excluding hydrogens is 466 g/mol. The average Bonchev–Trinajstić information content (AvgIpc) is 3.14. The zero-order valence-electron chi connectivity index (χ0n) is 20.9. The van der Waals surface area contributed by atoms with Gasteiger partial charge in [-0.1, -0.05) is 48.9 Å².